The molecular weight excluding hydrogens is 306 g/mol. The van der Waals surface area contributed by atoms with Crippen molar-refractivity contribution < 1.29 is 8.78 Å². The summed E-state index contributed by atoms with van der Waals surface area (Å²) < 4.78 is 32.2. The molecule has 1 aliphatic rings. The molecule has 4 heteroatoms. The van der Waals surface area contributed by atoms with E-state index in [1.165, 1.54) is 22.8 Å². The summed E-state index contributed by atoms with van der Waals surface area (Å²) in [4.78, 5) is 0. The molecule has 0 amide bonds. The third kappa shape index (κ3) is 1.74. The molecule has 3 heterocycles. The molecule has 1 aliphatic heterocycles. The molecule has 2 aromatic carbocycles. The Hall–Kier alpha value is -2.62. The number of benzene rings is 2. The number of nitrogens with zero attached hydrogens (tertiary/aromatic N) is 2. The van der Waals surface area contributed by atoms with Gasteiger partial charge >= 0.3 is 0 Å². The smallest absolute Gasteiger partial charge is 0.184 e. The standard InChI is InChI=1S/C20H16F2N2/c21-16-9-10-17-19(18(16)22)23-11-5-4-8-14-15(12-24(17)20(14)23)13-6-2-1-3-7-13/h1-3,6-7,9-10,12H,4-5,8,11H2. The van der Waals surface area contributed by atoms with Crippen LogP contribution in [0.3, 0.4) is 0 Å². The molecule has 0 atom stereocenters. The van der Waals surface area contributed by atoms with E-state index in [-0.39, 0.29) is 0 Å². The number of aryl methyl sites for hydroxylation is 2. The topological polar surface area (TPSA) is 9.34 Å². The number of hydrogen-bond acceptors (Lipinski definition) is 0. The minimum absolute atomic E-state index is 0.382. The molecule has 120 valence electrons. The minimum Gasteiger partial charge on any atom is -0.323 e. The Balaban J connectivity index is 1.94. The highest BCUT2D eigenvalue weighted by Crippen LogP contribution is 2.37. The molecule has 0 fully saturated rings. The van der Waals surface area contributed by atoms with Crippen molar-refractivity contribution in [3.63, 3.8) is 0 Å². The molecular formula is C20H16F2N2. The lowest BCUT2D eigenvalue weighted by atomic mass is 10.0. The summed E-state index contributed by atoms with van der Waals surface area (Å²) in [6.07, 6.45) is 5.06. The van der Waals surface area contributed by atoms with Crippen molar-refractivity contribution in [3.8, 4) is 11.1 Å². The number of halogens is 2. The van der Waals surface area contributed by atoms with E-state index in [1.54, 1.807) is 6.07 Å². The van der Waals surface area contributed by atoms with Crippen LogP contribution in [0.25, 0.3) is 27.8 Å². The van der Waals surface area contributed by atoms with Crippen LogP contribution in [0.5, 0.6) is 0 Å². The van der Waals surface area contributed by atoms with E-state index in [0.29, 0.717) is 5.52 Å². The predicted molar refractivity (Wildman–Crippen MR) is 91.2 cm³/mol. The average Bonchev–Trinajstić information content (AvgIpc) is 3.02. The SMILES string of the molecule is Fc1ccc2c(c1F)n1c3c(c(-c4ccccc4)cn23)CCCC1. The van der Waals surface area contributed by atoms with Gasteiger partial charge in [-0.25, -0.2) is 8.78 Å². The van der Waals surface area contributed by atoms with Crippen LogP contribution >= 0.6 is 0 Å². The van der Waals surface area contributed by atoms with E-state index in [1.807, 2.05) is 27.2 Å². The molecule has 5 rings (SSSR count). The lowest BCUT2D eigenvalue weighted by Crippen LogP contribution is -1.99. The molecule has 2 nitrogen and oxygen atoms in total. The molecule has 0 N–H and O–H groups in total. The third-order valence-corrected chi connectivity index (χ3v) is 5.06. The largest absolute Gasteiger partial charge is 0.323 e. The van der Waals surface area contributed by atoms with Crippen molar-refractivity contribution in [1.29, 1.82) is 0 Å². The fraction of sp³-hybridized carbons (Fsp3) is 0.200. The molecule has 0 spiro atoms. The Morgan fingerprint density at radius 3 is 2.58 bits per heavy atom. The van der Waals surface area contributed by atoms with Gasteiger partial charge in [0, 0.05) is 23.9 Å². The van der Waals surface area contributed by atoms with E-state index < -0.39 is 11.6 Å². The number of fused-ring (bicyclic) bond motifs is 3. The van der Waals surface area contributed by atoms with E-state index in [0.717, 1.165) is 37.0 Å². The van der Waals surface area contributed by atoms with Crippen LogP contribution in [0.1, 0.15) is 18.4 Å². The van der Waals surface area contributed by atoms with Gasteiger partial charge in [-0.15, -0.1) is 0 Å². The molecule has 24 heavy (non-hydrogen) atoms. The fourth-order valence-corrected chi connectivity index (χ4v) is 4.00. The lowest BCUT2D eigenvalue weighted by Gasteiger charge is -2.05. The van der Waals surface area contributed by atoms with Gasteiger partial charge in [0.2, 0.25) is 0 Å². The quantitative estimate of drug-likeness (QED) is 0.457. The monoisotopic (exact) mass is 322 g/mol. The van der Waals surface area contributed by atoms with E-state index in [9.17, 15) is 8.78 Å². The van der Waals surface area contributed by atoms with Gasteiger partial charge in [-0.1, -0.05) is 30.3 Å². The third-order valence-electron chi connectivity index (χ3n) is 5.06. The fourth-order valence-electron chi connectivity index (χ4n) is 4.00. The number of aromatic nitrogens is 2. The van der Waals surface area contributed by atoms with Crippen LogP contribution in [-0.2, 0) is 13.0 Å². The first-order valence-corrected chi connectivity index (χ1v) is 8.31. The lowest BCUT2D eigenvalue weighted by molar-refractivity contribution is 0.510. The van der Waals surface area contributed by atoms with Gasteiger partial charge in [-0.3, -0.25) is 0 Å². The second-order valence-electron chi connectivity index (χ2n) is 6.42. The van der Waals surface area contributed by atoms with Crippen LogP contribution in [0.2, 0.25) is 0 Å². The molecule has 0 aliphatic carbocycles. The molecule has 0 bridgehead atoms. The Morgan fingerprint density at radius 1 is 0.917 bits per heavy atom. The number of imidazole rings is 1. The maximum Gasteiger partial charge on any atom is 0.184 e. The first-order chi connectivity index (χ1) is 11.8. The first kappa shape index (κ1) is 13.8. The van der Waals surface area contributed by atoms with Crippen molar-refractivity contribution in [3.05, 3.63) is 65.9 Å². The van der Waals surface area contributed by atoms with Crippen LogP contribution < -0.4 is 0 Å². The van der Waals surface area contributed by atoms with E-state index >= 15 is 0 Å². The van der Waals surface area contributed by atoms with Crippen molar-refractivity contribution in [2.45, 2.75) is 25.8 Å². The maximum absolute atomic E-state index is 14.5. The van der Waals surface area contributed by atoms with E-state index in [4.69, 9.17) is 0 Å². The maximum atomic E-state index is 14.5. The number of hydrogen-bond donors (Lipinski definition) is 0. The molecule has 0 unspecified atom stereocenters. The zero-order chi connectivity index (χ0) is 16.3. The summed E-state index contributed by atoms with van der Waals surface area (Å²) in [6.45, 7) is 0.721. The highest BCUT2D eigenvalue weighted by Gasteiger charge is 2.24. The van der Waals surface area contributed by atoms with Crippen molar-refractivity contribution >= 4 is 16.7 Å². The molecule has 0 radical (unpaired) electrons. The number of rotatable bonds is 1. The summed E-state index contributed by atoms with van der Waals surface area (Å²) >= 11 is 0. The molecule has 4 aromatic rings. The van der Waals surface area contributed by atoms with Crippen LogP contribution in [0, 0.1) is 11.6 Å². The van der Waals surface area contributed by atoms with Gasteiger partial charge in [0.1, 0.15) is 11.2 Å². The summed E-state index contributed by atoms with van der Waals surface area (Å²) in [7, 11) is 0. The molecule has 2 aromatic heterocycles. The summed E-state index contributed by atoms with van der Waals surface area (Å²) in [5.74, 6) is -1.53. The highest BCUT2D eigenvalue weighted by molar-refractivity contribution is 5.88. The van der Waals surface area contributed by atoms with Crippen molar-refractivity contribution in [1.82, 2.24) is 8.97 Å². The Labute approximate surface area is 137 Å². The summed E-state index contributed by atoms with van der Waals surface area (Å²) in [5.41, 5.74) is 5.70. The van der Waals surface area contributed by atoms with Crippen molar-refractivity contribution in [2.24, 2.45) is 0 Å². The Kier molecular flexibility index (Phi) is 2.84. The zero-order valence-corrected chi connectivity index (χ0v) is 13.1. The summed E-state index contributed by atoms with van der Waals surface area (Å²) in [6, 6.07) is 13.2. The molecule has 0 saturated carbocycles. The zero-order valence-electron chi connectivity index (χ0n) is 13.1. The van der Waals surface area contributed by atoms with E-state index in [2.05, 4.69) is 18.3 Å². The first-order valence-electron chi connectivity index (χ1n) is 8.31. The highest BCUT2D eigenvalue weighted by atomic mass is 19.2. The second-order valence-corrected chi connectivity index (χ2v) is 6.42. The van der Waals surface area contributed by atoms with Crippen LogP contribution in [0.15, 0.2) is 48.7 Å². The minimum atomic E-state index is -0.784. The van der Waals surface area contributed by atoms with Gasteiger partial charge in [0.25, 0.3) is 0 Å². The van der Waals surface area contributed by atoms with Gasteiger partial charge in [0.05, 0.1) is 5.52 Å². The van der Waals surface area contributed by atoms with Gasteiger partial charge < -0.3 is 8.97 Å². The summed E-state index contributed by atoms with van der Waals surface area (Å²) in [5, 5.41) is 0. The van der Waals surface area contributed by atoms with Crippen molar-refractivity contribution in [2.75, 3.05) is 0 Å². The normalized spacial score (nSPS) is 14.4. The predicted octanol–water partition coefficient (Wildman–Crippen LogP) is 5.18. The molecule has 0 saturated heterocycles. The Bertz CT molecular complexity index is 1070. The van der Waals surface area contributed by atoms with Crippen LogP contribution in [-0.4, -0.2) is 8.97 Å². The van der Waals surface area contributed by atoms with Crippen LogP contribution in [0.4, 0.5) is 8.78 Å². The van der Waals surface area contributed by atoms with Gasteiger partial charge in [-0.2, -0.15) is 0 Å². The Morgan fingerprint density at radius 2 is 1.75 bits per heavy atom. The second kappa shape index (κ2) is 4.94. The average molecular weight is 322 g/mol. The van der Waals surface area contributed by atoms with Gasteiger partial charge in [-0.05, 0) is 37.0 Å². The van der Waals surface area contributed by atoms with Gasteiger partial charge in [0.15, 0.2) is 11.6 Å².